The molecule has 0 spiro atoms. The maximum Gasteiger partial charge on any atom is 0.339 e. The molecule has 4 nitrogen and oxygen atoms in total. The van der Waals surface area contributed by atoms with Gasteiger partial charge in [0, 0.05) is 10.9 Å². The van der Waals surface area contributed by atoms with Gasteiger partial charge in [-0.2, -0.15) is 0 Å². The third-order valence-electron chi connectivity index (χ3n) is 2.28. The van der Waals surface area contributed by atoms with Crippen LogP contribution in [-0.4, -0.2) is 25.8 Å². The monoisotopic (exact) mass is 268 g/mol. The van der Waals surface area contributed by atoms with Crippen LogP contribution in [0.2, 0.25) is 0 Å². The highest BCUT2D eigenvalue weighted by Gasteiger charge is 2.17. The Bertz CT molecular complexity index is 439. The Labute approximate surface area is 112 Å². The Morgan fingerprint density at radius 3 is 2.50 bits per heavy atom. The number of hydrogen-bond donors (Lipinski definition) is 1. The molecule has 0 unspecified atom stereocenters. The minimum atomic E-state index is -0.964. The van der Waals surface area contributed by atoms with E-state index >= 15 is 0 Å². The van der Waals surface area contributed by atoms with E-state index in [4.69, 9.17) is 5.11 Å². The van der Waals surface area contributed by atoms with Crippen LogP contribution < -0.4 is 0 Å². The van der Waals surface area contributed by atoms with Crippen molar-refractivity contribution in [3.05, 3.63) is 23.3 Å². The van der Waals surface area contributed by atoms with Crippen LogP contribution in [0.1, 0.15) is 62.4 Å². The number of rotatable bonds is 4. The molecule has 0 amide bonds. The van der Waals surface area contributed by atoms with Gasteiger partial charge in [-0.15, -0.1) is 11.8 Å². The third kappa shape index (κ3) is 4.29. The standard InChI is InChI=1S/C13H20N2O2S/c1-8(2)11-9(12(16)17)6-14-10(15-11)7-18-13(3,4)5/h6,8H,7H2,1-5H3,(H,16,17). The summed E-state index contributed by atoms with van der Waals surface area (Å²) in [5, 5.41) is 9.08. The average Bonchev–Trinajstić information content (AvgIpc) is 2.24. The molecular formula is C13H20N2O2S. The van der Waals surface area contributed by atoms with E-state index in [1.54, 1.807) is 11.8 Å². The SMILES string of the molecule is CC(C)c1nc(CSC(C)(C)C)ncc1C(=O)O. The first-order chi connectivity index (χ1) is 8.20. The Kier molecular flexibility index (Phi) is 4.73. The highest BCUT2D eigenvalue weighted by atomic mass is 32.2. The van der Waals surface area contributed by atoms with Gasteiger partial charge in [-0.3, -0.25) is 0 Å². The Hall–Kier alpha value is -1.10. The summed E-state index contributed by atoms with van der Waals surface area (Å²) >= 11 is 1.75. The van der Waals surface area contributed by atoms with Crippen molar-refractivity contribution in [3.8, 4) is 0 Å². The number of nitrogens with zero attached hydrogens (tertiary/aromatic N) is 2. The minimum Gasteiger partial charge on any atom is -0.478 e. The molecule has 18 heavy (non-hydrogen) atoms. The summed E-state index contributed by atoms with van der Waals surface area (Å²) in [4.78, 5) is 19.6. The molecule has 1 heterocycles. The second-order valence-corrected chi connectivity index (χ2v) is 7.25. The van der Waals surface area contributed by atoms with Gasteiger partial charge >= 0.3 is 5.97 Å². The molecule has 0 bridgehead atoms. The predicted molar refractivity (Wildman–Crippen MR) is 74.1 cm³/mol. The molecule has 1 rings (SSSR count). The maximum atomic E-state index is 11.1. The molecule has 0 fully saturated rings. The lowest BCUT2D eigenvalue weighted by atomic mass is 10.1. The van der Waals surface area contributed by atoms with Gasteiger partial charge in [0.05, 0.1) is 17.0 Å². The Morgan fingerprint density at radius 1 is 1.44 bits per heavy atom. The van der Waals surface area contributed by atoms with E-state index in [1.807, 2.05) is 13.8 Å². The molecule has 5 heteroatoms. The van der Waals surface area contributed by atoms with Gasteiger partial charge in [0.2, 0.25) is 0 Å². The predicted octanol–water partition coefficient (Wildman–Crippen LogP) is 3.33. The smallest absolute Gasteiger partial charge is 0.339 e. The van der Waals surface area contributed by atoms with Crippen LogP contribution in [0.4, 0.5) is 0 Å². The van der Waals surface area contributed by atoms with E-state index < -0.39 is 5.97 Å². The quantitative estimate of drug-likeness (QED) is 0.907. The topological polar surface area (TPSA) is 63.1 Å². The molecule has 1 N–H and O–H groups in total. The van der Waals surface area contributed by atoms with E-state index in [-0.39, 0.29) is 16.2 Å². The van der Waals surface area contributed by atoms with E-state index in [9.17, 15) is 4.79 Å². The van der Waals surface area contributed by atoms with Gasteiger partial charge in [0.1, 0.15) is 5.82 Å². The van der Waals surface area contributed by atoms with Crippen LogP contribution in [0, 0.1) is 0 Å². The van der Waals surface area contributed by atoms with Crippen molar-refractivity contribution in [3.63, 3.8) is 0 Å². The van der Waals surface area contributed by atoms with Crippen LogP contribution in [0.5, 0.6) is 0 Å². The first-order valence-corrected chi connectivity index (χ1v) is 6.92. The molecule has 0 aliphatic heterocycles. The zero-order valence-electron chi connectivity index (χ0n) is 11.5. The van der Waals surface area contributed by atoms with E-state index in [0.717, 1.165) is 0 Å². The van der Waals surface area contributed by atoms with E-state index in [2.05, 4.69) is 30.7 Å². The van der Waals surface area contributed by atoms with Crippen LogP contribution in [0.25, 0.3) is 0 Å². The van der Waals surface area contributed by atoms with Crippen molar-refractivity contribution in [2.24, 2.45) is 0 Å². The van der Waals surface area contributed by atoms with Crippen molar-refractivity contribution >= 4 is 17.7 Å². The molecular weight excluding hydrogens is 248 g/mol. The Balaban J connectivity index is 2.97. The van der Waals surface area contributed by atoms with Crippen molar-refractivity contribution in [1.29, 1.82) is 0 Å². The normalized spacial score (nSPS) is 11.9. The van der Waals surface area contributed by atoms with Gasteiger partial charge in [-0.25, -0.2) is 14.8 Å². The number of aromatic carboxylic acids is 1. The van der Waals surface area contributed by atoms with Gasteiger partial charge in [-0.05, 0) is 5.92 Å². The fourth-order valence-electron chi connectivity index (χ4n) is 1.39. The lowest BCUT2D eigenvalue weighted by molar-refractivity contribution is 0.0694. The largest absolute Gasteiger partial charge is 0.478 e. The summed E-state index contributed by atoms with van der Waals surface area (Å²) in [7, 11) is 0. The minimum absolute atomic E-state index is 0.0810. The second-order valence-electron chi connectivity index (χ2n) is 5.45. The van der Waals surface area contributed by atoms with Gasteiger partial charge in [0.25, 0.3) is 0 Å². The Morgan fingerprint density at radius 2 is 2.06 bits per heavy atom. The van der Waals surface area contributed by atoms with Gasteiger partial charge < -0.3 is 5.11 Å². The van der Waals surface area contributed by atoms with Gasteiger partial charge in [0.15, 0.2) is 0 Å². The van der Waals surface area contributed by atoms with Crippen molar-refractivity contribution in [2.75, 3.05) is 0 Å². The number of carboxylic acids is 1. The highest BCUT2D eigenvalue weighted by molar-refractivity contribution is 7.99. The fourth-order valence-corrected chi connectivity index (χ4v) is 2.09. The molecule has 0 atom stereocenters. The molecule has 100 valence electrons. The first-order valence-electron chi connectivity index (χ1n) is 5.94. The molecule has 1 aromatic rings. The lowest BCUT2D eigenvalue weighted by Crippen LogP contribution is -2.12. The molecule has 0 aliphatic carbocycles. The maximum absolute atomic E-state index is 11.1. The second kappa shape index (κ2) is 5.69. The number of hydrogen-bond acceptors (Lipinski definition) is 4. The zero-order valence-corrected chi connectivity index (χ0v) is 12.3. The third-order valence-corrected chi connectivity index (χ3v) is 3.55. The van der Waals surface area contributed by atoms with E-state index in [0.29, 0.717) is 17.3 Å². The summed E-state index contributed by atoms with van der Waals surface area (Å²) in [5.41, 5.74) is 0.816. The van der Waals surface area contributed by atoms with Crippen molar-refractivity contribution in [1.82, 2.24) is 9.97 Å². The summed E-state index contributed by atoms with van der Waals surface area (Å²) in [6.07, 6.45) is 1.42. The summed E-state index contributed by atoms with van der Waals surface area (Å²) < 4.78 is 0.146. The molecule has 0 radical (unpaired) electrons. The van der Waals surface area contributed by atoms with E-state index in [1.165, 1.54) is 6.20 Å². The average molecular weight is 268 g/mol. The number of carboxylic acid groups (broad SMARTS) is 1. The summed E-state index contributed by atoms with van der Waals surface area (Å²) in [6, 6.07) is 0. The number of carbonyl (C=O) groups is 1. The van der Waals surface area contributed by atoms with Crippen molar-refractivity contribution < 1.29 is 9.90 Å². The summed E-state index contributed by atoms with van der Waals surface area (Å²) in [6.45, 7) is 10.3. The first kappa shape index (κ1) is 15.0. The van der Waals surface area contributed by atoms with Crippen LogP contribution in [0.15, 0.2) is 6.20 Å². The fraction of sp³-hybridized carbons (Fsp3) is 0.615. The van der Waals surface area contributed by atoms with Crippen LogP contribution in [0.3, 0.4) is 0 Å². The zero-order chi connectivity index (χ0) is 13.9. The van der Waals surface area contributed by atoms with Gasteiger partial charge in [-0.1, -0.05) is 34.6 Å². The molecule has 1 aromatic heterocycles. The molecule has 0 saturated carbocycles. The number of aromatic nitrogens is 2. The highest BCUT2D eigenvalue weighted by Crippen LogP contribution is 2.26. The van der Waals surface area contributed by atoms with Crippen LogP contribution >= 0.6 is 11.8 Å². The van der Waals surface area contributed by atoms with Crippen molar-refractivity contribution in [2.45, 2.75) is 51.0 Å². The van der Waals surface area contributed by atoms with Crippen LogP contribution in [-0.2, 0) is 5.75 Å². The summed E-state index contributed by atoms with van der Waals surface area (Å²) in [5.74, 6) is 0.512. The number of thioether (sulfide) groups is 1. The lowest BCUT2D eigenvalue weighted by Gasteiger charge is -2.17. The molecule has 0 saturated heterocycles. The molecule has 0 aromatic carbocycles. The molecule has 0 aliphatic rings.